The summed E-state index contributed by atoms with van der Waals surface area (Å²) in [5, 5.41) is 2.78. The van der Waals surface area contributed by atoms with Gasteiger partial charge < -0.3 is 10.3 Å². The number of carbonyl (C=O) groups is 1. The van der Waals surface area contributed by atoms with Crippen molar-refractivity contribution in [2.45, 2.75) is 6.18 Å². The molecular weight excluding hydrogens is 307 g/mol. The summed E-state index contributed by atoms with van der Waals surface area (Å²) < 4.78 is 36.3. The number of fused-ring (bicyclic) bond motifs is 1. The average molecular weight is 319 g/mol. The molecule has 0 saturated carbocycles. The van der Waals surface area contributed by atoms with Gasteiger partial charge in [-0.3, -0.25) is 4.79 Å². The summed E-state index contributed by atoms with van der Waals surface area (Å²) in [5.41, 5.74) is 2.70. The van der Waals surface area contributed by atoms with E-state index in [2.05, 4.69) is 9.97 Å². The fraction of sp³-hybridized carbons (Fsp3) is 0.125. The zero-order chi connectivity index (χ0) is 16.4. The molecule has 3 rings (SSSR count). The van der Waals surface area contributed by atoms with Gasteiger partial charge in [-0.2, -0.15) is 13.2 Å². The van der Waals surface area contributed by atoms with Gasteiger partial charge in [0.05, 0.1) is 0 Å². The van der Waals surface area contributed by atoms with Crippen LogP contribution in [0.2, 0.25) is 0 Å². The molecule has 0 spiro atoms. The zero-order valence-corrected chi connectivity index (χ0v) is 11.8. The molecular formula is C16H12F3N3O. The quantitative estimate of drug-likeness (QED) is 0.776. The largest absolute Gasteiger partial charge is 0.405 e. The molecule has 4 nitrogen and oxygen atoms in total. The van der Waals surface area contributed by atoms with Crippen LogP contribution in [-0.4, -0.2) is 28.6 Å². The van der Waals surface area contributed by atoms with Crippen LogP contribution in [0.25, 0.3) is 22.2 Å². The minimum Gasteiger partial charge on any atom is -0.346 e. The zero-order valence-electron chi connectivity index (χ0n) is 11.8. The van der Waals surface area contributed by atoms with Gasteiger partial charge in [-0.05, 0) is 35.4 Å². The molecule has 1 aromatic carbocycles. The van der Waals surface area contributed by atoms with Crippen LogP contribution in [0, 0.1) is 0 Å². The van der Waals surface area contributed by atoms with Crippen molar-refractivity contribution in [3.8, 4) is 11.1 Å². The SMILES string of the molecule is O=C(NCC(F)(F)F)c1ccc(-c2ccnc3[nH]ccc23)cc1. The van der Waals surface area contributed by atoms with Crippen molar-refractivity contribution >= 4 is 16.9 Å². The summed E-state index contributed by atoms with van der Waals surface area (Å²) in [6.07, 6.45) is -0.981. The van der Waals surface area contributed by atoms with Gasteiger partial charge in [0.25, 0.3) is 5.91 Å². The highest BCUT2D eigenvalue weighted by Gasteiger charge is 2.27. The van der Waals surface area contributed by atoms with E-state index >= 15 is 0 Å². The number of pyridine rings is 1. The third-order valence-electron chi connectivity index (χ3n) is 3.37. The number of aromatic amines is 1. The van der Waals surface area contributed by atoms with Crippen molar-refractivity contribution in [1.29, 1.82) is 0 Å². The normalized spacial score (nSPS) is 11.6. The second-order valence-corrected chi connectivity index (χ2v) is 4.97. The van der Waals surface area contributed by atoms with Gasteiger partial charge in [-0.1, -0.05) is 12.1 Å². The second kappa shape index (κ2) is 5.75. The molecule has 2 aromatic heterocycles. The van der Waals surface area contributed by atoms with Crippen molar-refractivity contribution in [2.24, 2.45) is 0 Å². The third kappa shape index (κ3) is 3.33. The smallest absolute Gasteiger partial charge is 0.346 e. The van der Waals surface area contributed by atoms with Gasteiger partial charge in [0, 0.05) is 23.3 Å². The Morgan fingerprint density at radius 3 is 2.57 bits per heavy atom. The highest BCUT2D eigenvalue weighted by atomic mass is 19.4. The second-order valence-electron chi connectivity index (χ2n) is 4.97. The number of aromatic nitrogens is 2. The Bertz CT molecular complexity index is 838. The van der Waals surface area contributed by atoms with Crippen LogP contribution in [-0.2, 0) is 0 Å². The molecule has 0 aliphatic rings. The van der Waals surface area contributed by atoms with E-state index in [1.807, 2.05) is 17.4 Å². The Morgan fingerprint density at radius 1 is 1.13 bits per heavy atom. The summed E-state index contributed by atoms with van der Waals surface area (Å²) in [5.74, 6) is -0.754. The molecule has 0 atom stereocenters. The number of halogens is 3. The number of alkyl halides is 3. The topological polar surface area (TPSA) is 57.8 Å². The fourth-order valence-corrected chi connectivity index (χ4v) is 2.30. The maximum atomic E-state index is 12.1. The van der Waals surface area contributed by atoms with Crippen LogP contribution in [0.5, 0.6) is 0 Å². The summed E-state index contributed by atoms with van der Waals surface area (Å²) in [4.78, 5) is 18.9. The number of amides is 1. The Kier molecular flexibility index (Phi) is 3.77. The highest BCUT2D eigenvalue weighted by Crippen LogP contribution is 2.27. The summed E-state index contributed by atoms with van der Waals surface area (Å²) >= 11 is 0. The number of nitrogens with zero attached hydrogens (tertiary/aromatic N) is 1. The lowest BCUT2D eigenvalue weighted by Crippen LogP contribution is -2.33. The predicted molar refractivity (Wildman–Crippen MR) is 79.9 cm³/mol. The van der Waals surface area contributed by atoms with E-state index in [-0.39, 0.29) is 5.56 Å². The lowest BCUT2D eigenvalue weighted by atomic mass is 10.0. The Labute approximate surface area is 129 Å². The van der Waals surface area contributed by atoms with Gasteiger partial charge >= 0.3 is 6.18 Å². The highest BCUT2D eigenvalue weighted by molar-refractivity contribution is 5.96. The van der Waals surface area contributed by atoms with E-state index in [4.69, 9.17) is 0 Å². The van der Waals surface area contributed by atoms with Crippen molar-refractivity contribution in [1.82, 2.24) is 15.3 Å². The summed E-state index contributed by atoms with van der Waals surface area (Å²) in [7, 11) is 0. The first-order chi connectivity index (χ1) is 10.9. The van der Waals surface area contributed by atoms with E-state index in [0.29, 0.717) is 0 Å². The Hall–Kier alpha value is -2.83. The molecule has 0 fully saturated rings. The van der Waals surface area contributed by atoms with Crippen molar-refractivity contribution in [3.63, 3.8) is 0 Å². The van der Waals surface area contributed by atoms with Gasteiger partial charge in [0.1, 0.15) is 12.2 Å². The molecule has 2 heterocycles. The number of carbonyl (C=O) groups excluding carboxylic acids is 1. The molecule has 0 aliphatic carbocycles. The molecule has 2 N–H and O–H groups in total. The molecule has 118 valence electrons. The lowest BCUT2D eigenvalue weighted by Gasteiger charge is -2.09. The van der Waals surface area contributed by atoms with Gasteiger partial charge in [0.2, 0.25) is 0 Å². The minimum atomic E-state index is -4.42. The molecule has 1 amide bonds. The molecule has 3 aromatic rings. The maximum absolute atomic E-state index is 12.1. The van der Waals surface area contributed by atoms with E-state index in [0.717, 1.165) is 22.2 Å². The Morgan fingerprint density at radius 2 is 1.87 bits per heavy atom. The lowest BCUT2D eigenvalue weighted by molar-refractivity contribution is -0.123. The van der Waals surface area contributed by atoms with Crippen molar-refractivity contribution in [2.75, 3.05) is 6.54 Å². The van der Waals surface area contributed by atoms with Crippen LogP contribution >= 0.6 is 0 Å². The number of hydrogen-bond donors (Lipinski definition) is 2. The minimum absolute atomic E-state index is 0.178. The van der Waals surface area contributed by atoms with Gasteiger partial charge in [-0.15, -0.1) is 0 Å². The van der Waals surface area contributed by atoms with Crippen LogP contribution < -0.4 is 5.32 Å². The first-order valence-corrected chi connectivity index (χ1v) is 6.81. The van der Waals surface area contributed by atoms with Crippen molar-refractivity contribution < 1.29 is 18.0 Å². The van der Waals surface area contributed by atoms with Gasteiger partial charge in [-0.25, -0.2) is 4.98 Å². The Balaban J connectivity index is 1.82. The van der Waals surface area contributed by atoms with Crippen LogP contribution in [0.3, 0.4) is 0 Å². The summed E-state index contributed by atoms with van der Waals surface area (Å²) in [6.45, 7) is -1.35. The first-order valence-electron chi connectivity index (χ1n) is 6.81. The average Bonchev–Trinajstić information content (AvgIpc) is 3.00. The van der Waals surface area contributed by atoms with E-state index in [1.165, 1.54) is 12.1 Å². The number of hydrogen-bond acceptors (Lipinski definition) is 2. The predicted octanol–water partition coefficient (Wildman–Crippen LogP) is 3.52. The number of H-pyrrole nitrogens is 1. The molecule has 7 heteroatoms. The van der Waals surface area contributed by atoms with Gasteiger partial charge in [0.15, 0.2) is 0 Å². The van der Waals surface area contributed by atoms with Crippen LogP contribution in [0.4, 0.5) is 13.2 Å². The fourth-order valence-electron chi connectivity index (χ4n) is 2.30. The molecule has 0 unspecified atom stereocenters. The van der Waals surface area contributed by atoms with E-state index in [1.54, 1.807) is 24.5 Å². The van der Waals surface area contributed by atoms with Crippen molar-refractivity contribution in [3.05, 3.63) is 54.4 Å². The standard InChI is InChI=1S/C16H12F3N3O/c17-16(18,19)9-22-15(23)11-3-1-10(2-4-11)12-5-7-20-14-13(12)6-8-21-14/h1-8H,9H2,(H,20,21)(H,22,23). The molecule has 0 saturated heterocycles. The third-order valence-corrected chi connectivity index (χ3v) is 3.37. The molecule has 23 heavy (non-hydrogen) atoms. The van der Waals surface area contributed by atoms with Crippen LogP contribution in [0.1, 0.15) is 10.4 Å². The summed E-state index contributed by atoms with van der Waals surface area (Å²) in [6, 6.07) is 10.1. The monoisotopic (exact) mass is 319 g/mol. The number of nitrogens with one attached hydrogen (secondary N) is 2. The van der Waals surface area contributed by atoms with E-state index < -0.39 is 18.6 Å². The first kappa shape index (κ1) is 15.1. The van der Waals surface area contributed by atoms with E-state index in [9.17, 15) is 18.0 Å². The maximum Gasteiger partial charge on any atom is 0.405 e. The number of benzene rings is 1. The number of rotatable bonds is 3. The molecule has 0 radical (unpaired) electrons. The molecule has 0 bridgehead atoms. The van der Waals surface area contributed by atoms with Crippen LogP contribution in [0.15, 0.2) is 48.8 Å². The molecule has 0 aliphatic heterocycles.